The molecule has 0 saturated carbocycles. The van der Waals surface area contributed by atoms with Crippen LogP contribution in [0.2, 0.25) is 0 Å². The molecular formula is C13H15F3N2O3. The van der Waals surface area contributed by atoms with E-state index in [1.54, 1.807) is 12.1 Å². The molecule has 0 unspecified atom stereocenters. The predicted molar refractivity (Wildman–Crippen MR) is 68.0 cm³/mol. The van der Waals surface area contributed by atoms with Gasteiger partial charge in [0.2, 0.25) is 0 Å². The van der Waals surface area contributed by atoms with E-state index in [1.807, 2.05) is 4.90 Å². The quantitative estimate of drug-likeness (QED) is 0.931. The van der Waals surface area contributed by atoms with E-state index in [9.17, 15) is 18.0 Å². The first-order valence-corrected chi connectivity index (χ1v) is 6.39. The lowest BCUT2D eigenvalue weighted by molar-refractivity contribution is -0.275. The number of halogens is 3. The summed E-state index contributed by atoms with van der Waals surface area (Å²) < 4.78 is 41.0. The zero-order chi connectivity index (χ0) is 15.5. The summed E-state index contributed by atoms with van der Waals surface area (Å²) in [6.07, 6.45) is -5.70. The first-order valence-electron chi connectivity index (χ1n) is 6.39. The van der Waals surface area contributed by atoms with Gasteiger partial charge in [-0.3, -0.25) is 4.90 Å². The van der Waals surface area contributed by atoms with Gasteiger partial charge in [0.05, 0.1) is 0 Å². The van der Waals surface area contributed by atoms with Crippen molar-refractivity contribution in [3.63, 3.8) is 0 Å². The van der Waals surface area contributed by atoms with E-state index in [0.717, 1.165) is 0 Å². The summed E-state index contributed by atoms with van der Waals surface area (Å²) in [6.45, 7) is 1.94. The smallest absolute Gasteiger partial charge is 0.465 e. The minimum Gasteiger partial charge on any atom is -0.465 e. The second kappa shape index (κ2) is 6.21. The molecule has 0 atom stereocenters. The van der Waals surface area contributed by atoms with Crippen LogP contribution in [0.1, 0.15) is 5.56 Å². The van der Waals surface area contributed by atoms with E-state index in [0.29, 0.717) is 38.3 Å². The molecule has 1 aromatic carbocycles. The number of benzene rings is 1. The van der Waals surface area contributed by atoms with E-state index in [-0.39, 0.29) is 5.75 Å². The van der Waals surface area contributed by atoms with Crippen LogP contribution in [-0.4, -0.2) is 53.5 Å². The third-order valence-corrected chi connectivity index (χ3v) is 3.24. The van der Waals surface area contributed by atoms with Crippen LogP contribution in [0.25, 0.3) is 0 Å². The van der Waals surface area contributed by atoms with Crippen molar-refractivity contribution in [3.05, 3.63) is 29.8 Å². The number of rotatable bonds is 3. The molecule has 0 radical (unpaired) electrons. The van der Waals surface area contributed by atoms with Crippen molar-refractivity contribution in [2.45, 2.75) is 12.9 Å². The van der Waals surface area contributed by atoms with E-state index < -0.39 is 12.5 Å². The van der Waals surface area contributed by atoms with Crippen molar-refractivity contribution in [1.29, 1.82) is 0 Å². The van der Waals surface area contributed by atoms with Gasteiger partial charge >= 0.3 is 12.5 Å². The van der Waals surface area contributed by atoms with E-state index in [2.05, 4.69) is 4.74 Å². The molecule has 0 spiro atoms. The number of nitrogens with zero attached hydrogens (tertiary/aromatic N) is 2. The fraction of sp³-hybridized carbons (Fsp3) is 0.462. The molecule has 8 heteroatoms. The number of ether oxygens (including phenoxy) is 1. The number of carbonyl (C=O) groups is 1. The van der Waals surface area contributed by atoms with Gasteiger partial charge in [0, 0.05) is 38.3 Å². The third kappa shape index (κ3) is 4.52. The van der Waals surface area contributed by atoms with Gasteiger partial charge in [0.25, 0.3) is 0 Å². The van der Waals surface area contributed by atoms with E-state index in [1.165, 1.54) is 17.0 Å². The number of piperazine rings is 1. The van der Waals surface area contributed by atoms with Crippen LogP contribution in [0.3, 0.4) is 0 Å². The highest BCUT2D eigenvalue weighted by Gasteiger charge is 2.32. The fourth-order valence-corrected chi connectivity index (χ4v) is 2.20. The van der Waals surface area contributed by atoms with Crippen molar-refractivity contribution in [3.8, 4) is 5.75 Å². The monoisotopic (exact) mass is 304 g/mol. The zero-order valence-corrected chi connectivity index (χ0v) is 11.1. The normalized spacial score (nSPS) is 16.8. The third-order valence-electron chi connectivity index (χ3n) is 3.24. The Bertz CT molecular complexity index is 500. The van der Waals surface area contributed by atoms with E-state index >= 15 is 0 Å². The Morgan fingerprint density at radius 3 is 2.38 bits per heavy atom. The fourth-order valence-electron chi connectivity index (χ4n) is 2.20. The average molecular weight is 304 g/mol. The molecule has 21 heavy (non-hydrogen) atoms. The molecule has 1 heterocycles. The second-order valence-electron chi connectivity index (χ2n) is 4.70. The summed E-state index contributed by atoms with van der Waals surface area (Å²) in [4.78, 5) is 14.0. The molecule has 0 aromatic heterocycles. The summed E-state index contributed by atoms with van der Waals surface area (Å²) in [5.41, 5.74) is 0.429. The van der Waals surface area contributed by atoms with Crippen LogP contribution >= 0.6 is 0 Å². The number of amides is 1. The molecule has 5 nitrogen and oxygen atoms in total. The van der Waals surface area contributed by atoms with Gasteiger partial charge in [-0.15, -0.1) is 13.2 Å². The number of para-hydroxylation sites is 1. The van der Waals surface area contributed by atoms with Crippen molar-refractivity contribution >= 4 is 6.09 Å². The Balaban J connectivity index is 1.99. The first-order chi connectivity index (χ1) is 9.85. The molecule has 2 rings (SSSR count). The maximum absolute atomic E-state index is 12.3. The molecule has 1 amide bonds. The highest BCUT2D eigenvalue weighted by molar-refractivity contribution is 5.65. The van der Waals surface area contributed by atoms with Gasteiger partial charge in [-0.2, -0.15) is 0 Å². The lowest BCUT2D eigenvalue weighted by atomic mass is 10.1. The summed E-state index contributed by atoms with van der Waals surface area (Å²) in [6, 6.07) is 5.97. The van der Waals surface area contributed by atoms with Gasteiger partial charge in [-0.1, -0.05) is 18.2 Å². The van der Waals surface area contributed by atoms with Crippen LogP contribution in [0.15, 0.2) is 24.3 Å². The van der Waals surface area contributed by atoms with Crippen molar-refractivity contribution < 1.29 is 27.8 Å². The number of alkyl halides is 3. The van der Waals surface area contributed by atoms with Crippen LogP contribution in [0.5, 0.6) is 5.75 Å². The maximum Gasteiger partial charge on any atom is 0.573 e. The maximum atomic E-state index is 12.3. The highest BCUT2D eigenvalue weighted by atomic mass is 19.4. The summed E-state index contributed by atoms with van der Waals surface area (Å²) >= 11 is 0. The van der Waals surface area contributed by atoms with Gasteiger partial charge in [-0.05, 0) is 6.07 Å². The highest BCUT2D eigenvalue weighted by Crippen LogP contribution is 2.27. The summed E-state index contributed by atoms with van der Waals surface area (Å²) in [5.74, 6) is -0.217. The molecule has 1 aromatic rings. The van der Waals surface area contributed by atoms with Crippen molar-refractivity contribution in [2.24, 2.45) is 0 Å². The number of hydrogen-bond acceptors (Lipinski definition) is 3. The first kappa shape index (κ1) is 15.4. The Morgan fingerprint density at radius 1 is 1.19 bits per heavy atom. The largest absolute Gasteiger partial charge is 0.573 e. The van der Waals surface area contributed by atoms with Crippen LogP contribution in [0.4, 0.5) is 18.0 Å². The standard InChI is InChI=1S/C13H15F3N2O3/c14-13(15,16)21-11-4-2-1-3-10(11)9-17-5-7-18(8-6-17)12(19)20/h1-4H,5-9H2,(H,19,20). The van der Waals surface area contributed by atoms with Gasteiger partial charge in [-0.25, -0.2) is 4.79 Å². The van der Waals surface area contributed by atoms with Gasteiger partial charge in [0.15, 0.2) is 0 Å². The molecule has 1 saturated heterocycles. The molecule has 0 aliphatic carbocycles. The minimum atomic E-state index is -4.72. The average Bonchev–Trinajstić information content (AvgIpc) is 2.40. The Hall–Kier alpha value is -1.96. The molecule has 1 N–H and O–H groups in total. The Morgan fingerprint density at radius 2 is 1.81 bits per heavy atom. The number of carboxylic acid groups (broad SMARTS) is 1. The van der Waals surface area contributed by atoms with Crippen molar-refractivity contribution in [1.82, 2.24) is 9.80 Å². The van der Waals surface area contributed by atoms with Gasteiger partial charge < -0.3 is 14.7 Å². The Labute approximate surface area is 119 Å². The lowest BCUT2D eigenvalue weighted by Crippen LogP contribution is -2.47. The molecule has 0 bridgehead atoms. The summed E-state index contributed by atoms with van der Waals surface area (Å²) in [5, 5.41) is 8.85. The SMILES string of the molecule is O=C(O)N1CCN(Cc2ccccc2OC(F)(F)F)CC1. The molecule has 1 aliphatic rings. The minimum absolute atomic E-state index is 0.217. The van der Waals surface area contributed by atoms with Crippen LogP contribution in [-0.2, 0) is 6.54 Å². The number of hydrogen-bond donors (Lipinski definition) is 1. The summed E-state index contributed by atoms with van der Waals surface area (Å²) in [7, 11) is 0. The van der Waals surface area contributed by atoms with Crippen LogP contribution in [0, 0.1) is 0 Å². The molecule has 116 valence electrons. The van der Waals surface area contributed by atoms with E-state index in [4.69, 9.17) is 5.11 Å². The van der Waals surface area contributed by atoms with Crippen LogP contribution < -0.4 is 4.74 Å². The second-order valence-corrected chi connectivity index (χ2v) is 4.70. The molecule has 1 aliphatic heterocycles. The van der Waals surface area contributed by atoms with Crippen molar-refractivity contribution in [2.75, 3.05) is 26.2 Å². The molecule has 1 fully saturated rings. The topological polar surface area (TPSA) is 53.0 Å². The Kier molecular flexibility index (Phi) is 4.56. The predicted octanol–water partition coefficient (Wildman–Crippen LogP) is 2.38. The van der Waals surface area contributed by atoms with Gasteiger partial charge in [0.1, 0.15) is 5.75 Å². The molecular weight excluding hydrogens is 289 g/mol. The lowest BCUT2D eigenvalue weighted by Gasteiger charge is -2.33. The zero-order valence-electron chi connectivity index (χ0n) is 11.1.